The molecule has 0 bridgehead atoms. The molecule has 106 heavy (non-hydrogen) atoms. The van der Waals surface area contributed by atoms with Crippen molar-refractivity contribution < 1.29 is 0 Å². The second kappa shape index (κ2) is 36.5. The number of benzene rings is 9. The van der Waals surface area contributed by atoms with Crippen LogP contribution in [0.3, 0.4) is 0 Å². The van der Waals surface area contributed by atoms with Crippen molar-refractivity contribution in [2.75, 3.05) is 0 Å². The van der Waals surface area contributed by atoms with Gasteiger partial charge in [0.1, 0.15) is 0 Å². The van der Waals surface area contributed by atoms with Gasteiger partial charge in [0, 0.05) is 21.7 Å². The fourth-order valence-corrected chi connectivity index (χ4v) is 21.3. The molecule has 558 valence electrons. The molecule has 0 atom stereocenters. The van der Waals surface area contributed by atoms with Crippen LogP contribution < -0.4 is 0 Å². The molecule has 9 aromatic carbocycles. The van der Waals surface area contributed by atoms with Gasteiger partial charge in [-0.2, -0.15) is 0 Å². The Kier molecular flexibility index (Phi) is 26.5. The quantitative estimate of drug-likeness (QED) is 0.0334. The zero-order valence-electron chi connectivity index (χ0n) is 67.6. The van der Waals surface area contributed by atoms with E-state index in [2.05, 4.69) is 237 Å². The summed E-state index contributed by atoms with van der Waals surface area (Å²) in [5.41, 5.74) is 35.5. The van der Waals surface area contributed by atoms with Crippen LogP contribution in [0.15, 0.2) is 182 Å². The lowest BCUT2D eigenvalue weighted by Gasteiger charge is -2.34. The molecule has 0 saturated heterocycles. The Morgan fingerprint density at radius 2 is 0.330 bits per heavy atom. The van der Waals surface area contributed by atoms with Crippen LogP contribution in [0, 0.1) is 0 Å². The average Bonchev–Trinajstić information content (AvgIpc) is 1.57. The van der Waals surface area contributed by atoms with E-state index in [4.69, 9.17) is 0 Å². The van der Waals surface area contributed by atoms with E-state index in [-0.39, 0.29) is 21.7 Å². The Morgan fingerprint density at radius 1 is 0.151 bits per heavy atom. The molecule has 0 N–H and O–H groups in total. The largest absolute Gasteiger partial charge is 0.0654 e. The maximum absolute atomic E-state index is 2.73. The van der Waals surface area contributed by atoms with Gasteiger partial charge in [0.05, 0.1) is 0 Å². The van der Waals surface area contributed by atoms with E-state index >= 15 is 0 Å². The molecule has 0 heterocycles. The second-order valence-corrected chi connectivity index (χ2v) is 34.0. The van der Waals surface area contributed by atoms with Crippen LogP contribution in [0.5, 0.6) is 0 Å². The van der Waals surface area contributed by atoms with E-state index in [1.54, 1.807) is 44.5 Å². The van der Waals surface area contributed by atoms with E-state index in [9.17, 15) is 0 Å². The minimum absolute atomic E-state index is 0.0590. The van der Waals surface area contributed by atoms with Crippen molar-refractivity contribution >= 4 is 0 Å². The zero-order valence-corrected chi connectivity index (χ0v) is 67.6. The molecule has 9 aromatic rings. The van der Waals surface area contributed by atoms with E-state index in [1.807, 2.05) is 0 Å². The predicted octanol–water partition coefficient (Wildman–Crippen LogP) is 33.2. The molecule has 0 saturated carbocycles. The van der Waals surface area contributed by atoms with Crippen molar-refractivity contribution in [3.63, 3.8) is 0 Å². The zero-order chi connectivity index (χ0) is 73.4. The van der Waals surface area contributed by atoms with Crippen LogP contribution in [0.4, 0.5) is 0 Å². The third-order valence-corrected chi connectivity index (χ3v) is 27.1. The van der Waals surface area contributed by atoms with Crippen molar-refractivity contribution in [2.45, 2.75) is 334 Å². The summed E-state index contributed by atoms with van der Waals surface area (Å²) in [7, 11) is 0. The summed E-state index contributed by atoms with van der Waals surface area (Å²) < 4.78 is 0. The lowest BCUT2D eigenvalue weighted by atomic mass is 9.69. The Bertz CT molecular complexity index is 4020. The van der Waals surface area contributed by atoms with Crippen molar-refractivity contribution in [3.8, 4) is 89.0 Å². The van der Waals surface area contributed by atoms with Crippen LogP contribution in [0.25, 0.3) is 89.0 Å². The summed E-state index contributed by atoms with van der Waals surface area (Å²) in [6.07, 6.45) is 51.0. The molecule has 0 heteroatoms. The molecule has 0 spiro atoms. The smallest absolute Gasteiger partial charge is 0.0215 e. The standard InChI is InChI=1S/C106H134/c1-9-17-25-37-64-103(65-38-26-18-10-2)95-50-35-33-48-87(95)89-58-54-83(75-97(89)103)85-56-62-93-91-60-52-81(73-99(91)105(101(93)77-85,68-41-29-21-13-5)69-42-30-22-14-6)79-46-45-47-80(72-79)82-53-61-92-94-63-57-86(78-102(94)106(100(92)74-82,70-43-31-23-15-7)71-44-32-24-16-8)84-55-59-90-88-49-34-36-51-96(88)104(98(90)76-84,66-39-27-19-11-3)67-40-28-20-12-4/h33-36,45-63,72-78H,9-32,37-44,64-71H2,1-8H3. The lowest BCUT2D eigenvalue weighted by molar-refractivity contribution is 0.401. The summed E-state index contributed by atoms with van der Waals surface area (Å²) >= 11 is 0. The van der Waals surface area contributed by atoms with Crippen molar-refractivity contribution in [1.29, 1.82) is 0 Å². The molecule has 0 fully saturated rings. The van der Waals surface area contributed by atoms with Crippen LogP contribution in [0.2, 0.25) is 0 Å². The molecule has 0 amide bonds. The summed E-state index contributed by atoms with van der Waals surface area (Å²) in [6, 6.07) is 75.5. The summed E-state index contributed by atoms with van der Waals surface area (Å²) in [5, 5.41) is 0. The van der Waals surface area contributed by atoms with Crippen molar-refractivity contribution in [3.05, 3.63) is 226 Å². The Labute approximate surface area is 645 Å². The molecule has 0 aliphatic heterocycles. The first-order chi connectivity index (χ1) is 52.2. The SMILES string of the molecule is CCCCCCC1(CCCCCC)c2ccccc2-c2ccc(-c3ccc4c(c3)C(CCCCCC)(CCCCCC)c3cc(-c5cccc(-c6ccc7c(c6)C(CCCCCC)(CCCCCC)c6cc(-c8ccc9c(c8)C(CCCCCC)(CCCCCC)c8ccccc8-9)ccc6-7)c5)ccc3-4)cc21. The van der Waals surface area contributed by atoms with Crippen LogP contribution in [-0.2, 0) is 21.7 Å². The molecule has 0 nitrogen and oxygen atoms in total. The predicted molar refractivity (Wildman–Crippen MR) is 463 cm³/mol. The van der Waals surface area contributed by atoms with Gasteiger partial charge in [-0.15, -0.1) is 0 Å². The third kappa shape index (κ3) is 15.6. The first-order valence-corrected chi connectivity index (χ1v) is 44.4. The number of fused-ring (bicyclic) bond motifs is 12. The Balaban J connectivity index is 0.876. The van der Waals surface area contributed by atoms with E-state index in [0.29, 0.717) is 0 Å². The van der Waals surface area contributed by atoms with Gasteiger partial charge in [-0.25, -0.2) is 0 Å². The highest BCUT2D eigenvalue weighted by atomic mass is 14.5. The van der Waals surface area contributed by atoms with Gasteiger partial charge in [-0.1, -0.05) is 400 Å². The normalized spacial score (nSPS) is 14.7. The molecule has 4 aliphatic carbocycles. The van der Waals surface area contributed by atoms with Gasteiger partial charge in [0.15, 0.2) is 0 Å². The molecular formula is C106H134. The molecule has 13 rings (SSSR count). The topological polar surface area (TPSA) is 0 Å². The second-order valence-electron chi connectivity index (χ2n) is 34.0. The summed E-state index contributed by atoms with van der Waals surface area (Å²) in [4.78, 5) is 0. The molecule has 0 unspecified atom stereocenters. The molecule has 0 aromatic heterocycles. The van der Waals surface area contributed by atoms with Gasteiger partial charge in [-0.05, 0) is 227 Å². The van der Waals surface area contributed by atoms with Gasteiger partial charge < -0.3 is 0 Å². The Hall–Kier alpha value is -7.02. The van der Waals surface area contributed by atoms with Crippen LogP contribution in [-0.4, -0.2) is 0 Å². The monoisotopic (exact) mass is 1410 g/mol. The third-order valence-electron chi connectivity index (χ3n) is 27.1. The number of rotatable bonds is 44. The lowest BCUT2D eigenvalue weighted by Crippen LogP contribution is -2.26. The number of unbranched alkanes of at least 4 members (excludes halogenated alkanes) is 24. The minimum atomic E-state index is -0.0593. The first kappa shape index (κ1) is 77.1. The summed E-state index contributed by atoms with van der Waals surface area (Å²) in [6.45, 7) is 19.0. The van der Waals surface area contributed by atoms with Gasteiger partial charge >= 0.3 is 0 Å². The van der Waals surface area contributed by atoms with Gasteiger partial charge in [0.25, 0.3) is 0 Å². The fourth-order valence-electron chi connectivity index (χ4n) is 21.3. The van der Waals surface area contributed by atoms with Crippen LogP contribution >= 0.6 is 0 Å². The maximum Gasteiger partial charge on any atom is 0.0215 e. The molecule has 4 aliphatic rings. The first-order valence-electron chi connectivity index (χ1n) is 44.4. The van der Waals surface area contributed by atoms with E-state index in [0.717, 1.165) is 0 Å². The van der Waals surface area contributed by atoms with E-state index < -0.39 is 0 Å². The minimum Gasteiger partial charge on any atom is -0.0654 e. The average molecular weight is 1410 g/mol. The number of hydrogen-bond donors (Lipinski definition) is 0. The van der Waals surface area contributed by atoms with Crippen molar-refractivity contribution in [2.24, 2.45) is 0 Å². The van der Waals surface area contributed by atoms with Crippen LogP contribution in [0.1, 0.15) is 357 Å². The summed E-state index contributed by atoms with van der Waals surface area (Å²) in [5.74, 6) is 0. The van der Waals surface area contributed by atoms with Crippen molar-refractivity contribution in [1.82, 2.24) is 0 Å². The maximum atomic E-state index is 2.73. The van der Waals surface area contributed by atoms with Gasteiger partial charge in [0.2, 0.25) is 0 Å². The van der Waals surface area contributed by atoms with E-state index in [1.165, 1.54) is 346 Å². The fraction of sp³-hybridized carbons (Fsp3) is 0.491. The highest BCUT2D eigenvalue weighted by molar-refractivity contribution is 5.91. The highest BCUT2D eigenvalue weighted by Gasteiger charge is 2.47. The molecule has 0 radical (unpaired) electrons. The molecular weight excluding hydrogens is 1270 g/mol. The number of hydrogen-bond acceptors (Lipinski definition) is 0. The highest BCUT2D eigenvalue weighted by Crippen LogP contribution is 2.61. The Morgan fingerprint density at radius 3 is 0.538 bits per heavy atom. The van der Waals surface area contributed by atoms with Gasteiger partial charge in [-0.3, -0.25) is 0 Å².